The molecule has 7 nitrogen and oxygen atoms in total. The molecule has 4 fully saturated rings. The van der Waals surface area contributed by atoms with E-state index in [0.717, 1.165) is 6.42 Å². The Balaban J connectivity index is 1.34. The van der Waals surface area contributed by atoms with E-state index >= 15 is 0 Å². The van der Waals surface area contributed by atoms with Crippen LogP contribution in [-0.4, -0.2) is 54.2 Å². The third-order valence-electron chi connectivity index (χ3n) is 5.79. The summed E-state index contributed by atoms with van der Waals surface area (Å²) in [4.78, 5) is 12.8. The van der Waals surface area contributed by atoms with E-state index in [1.807, 2.05) is 0 Å². The Bertz CT molecular complexity index is 593. The molecule has 0 aromatic carbocycles. The molecule has 1 saturated carbocycles. The molecular formula is C16H21N3O4. The van der Waals surface area contributed by atoms with Gasteiger partial charge in [-0.3, -0.25) is 4.79 Å². The molecule has 0 aromatic heterocycles. The van der Waals surface area contributed by atoms with Gasteiger partial charge in [-0.05, 0) is 12.8 Å². The Morgan fingerprint density at radius 3 is 2.57 bits per heavy atom. The molecule has 5 aliphatic rings. The van der Waals surface area contributed by atoms with Crippen LogP contribution in [0.3, 0.4) is 0 Å². The van der Waals surface area contributed by atoms with Crippen molar-refractivity contribution in [2.24, 2.45) is 15.6 Å². The number of nitrogens with zero attached hydrogens (tertiary/aromatic N) is 2. The van der Waals surface area contributed by atoms with E-state index in [1.165, 1.54) is 0 Å². The van der Waals surface area contributed by atoms with Gasteiger partial charge in [-0.25, -0.2) is 0 Å². The molecule has 4 heterocycles. The van der Waals surface area contributed by atoms with Crippen LogP contribution in [0.1, 0.15) is 32.1 Å². The van der Waals surface area contributed by atoms with E-state index in [2.05, 4.69) is 21.5 Å². The normalized spacial score (nSPS) is 36.9. The highest BCUT2D eigenvalue weighted by Gasteiger charge is 2.80. The van der Waals surface area contributed by atoms with Gasteiger partial charge in [0.25, 0.3) is 0 Å². The SMILES string of the molecule is C#CCCC1(CCNC(=O)C23CC(CO)(C2)OC32COC2)N=N1. The molecule has 2 bridgehead atoms. The average molecular weight is 319 g/mol. The van der Waals surface area contributed by atoms with Crippen LogP contribution in [-0.2, 0) is 14.3 Å². The highest BCUT2D eigenvalue weighted by molar-refractivity contribution is 5.87. The minimum Gasteiger partial charge on any atom is -0.393 e. The van der Waals surface area contributed by atoms with Crippen LogP contribution in [0, 0.1) is 17.8 Å². The summed E-state index contributed by atoms with van der Waals surface area (Å²) in [6, 6.07) is 0. The van der Waals surface area contributed by atoms with Crippen molar-refractivity contribution in [1.29, 1.82) is 0 Å². The molecule has 1 aliphatic carbocycles. The summed E-state index contributed by atoms with van der Waals surface area (Å²) >= 11 is 0. The first-order valence-electron chi connectivity index (χ1n) is 8.08. The monoisotopic (exact) mass is 319 g/mol. The predicted molar refractivity (Wildman–Crippen MR) is 79.4 cm³/mol. The van der Waals surface area contributed by atoms with Crippen molar-refractivity contribution in [2.45, 2.75) is 49.0 Å². The second-order valence-corrected chi connectivity index (χ2v) is 7.26. The molecule has 0 aromatic rings. The van der Waals surface area contributed by atoms with Gasteiger partial charge in [-0.15, -0.1) is 12.3 Å². The zero-order chi connectivity index (χ0) is 16.2. The van der Waals surface area contributed by atoms with Gasteiger partial charge in [0.15, 0.2) is 5.66 Å². The summed E-state index contributed by atoms with van der Waals surface area (Å²) in [5.74, 6) is 2.59. The number of aliphatic hydroxyl groups excluding tert-OH is 1. The molecule has 4 aliphatic heterocycles. The maximum absolute atomic E-state index is 12.8. The maximum atomic E-state index is 12.8. The number of amides is 1. The molecule has 0 unspecified atom stereocenters. The Morgan fingerprint density at radius 1 is 1.30 bits per heavy atom. The number of carbonyl (C=O) groups excluding carboxylic acids is 1. The topological polar surface area (TPSA) is 92.5 Å². The molecule has 1 spiro atoms. The molecule has 3 saturated heterocycles. The van der Waals surface area contributed by atoms with Crippen molar-refractivity contribution < 1.29 is 19.4 Å². The maximum Gasteiger partial charge on any atom is 0.229 e. The number of nitrogens with one attached hydrogen (secondary N) is 1. The van der Waals surface area contributed by atoms with Crippen molar-refractivity contribution in [3.63, 3.8) is 0 Å². The zero-order valence-corrected chi connectivity index (χ0v) is 13.0. The van der Waals surface area contributed by atoms with Crippen LogP contribution in [0.25, 0.3) is 0 Å². The average Bonchev–Trinajstić information content (AvgIpc) is 3.07. The summed E-state index contributed by atoms with van der Waals surface area (Å²) in [6.45, 7) is 1.33. The molecule has 23 heavy (non-hydrogen) atoms. The zero-order valence-electron chi connectivity index (χ0n) is 13.0. The van der Waals surface area contributed by atoms with Gasteiger partial charge in [0.2, 0.25) is 5.91 Å². The Morgan fingerprint density at radius 2 is 2.04 bits per heavy atom. The minimum absolute atomic E-state index is 0.00451. The standard InChI is InChI=1S/C16H21N3O4/c1-2-3-4-16(18-19-16)5-6-17-12(21)14-7-13(8-14,9-20)23-15(14)10-22-11-15/h1,20H,3-11H2,(H,17,21). The molecule has 5 rings (SSSR count). The van der Waals surface area contributed by atoms with Crippen LogP contribution in [0.2, 0.25) is 0 Å². The fraction of sp³-hybridized carbons (Fsp3) is 0.812. The predicted octanol–water partition coefficient (Wildman–Crippen LogP) is 0.379. The van der Waals surface area contributed by atoms with Crippen LogP contribution in [0.5, 0.6) is 0 Å². The van der Waals surface area contributed by atoms with Crippen LogP contribution in [0.4, 0.5) is 0 Å². The van der Waals surface area contributed by atoms with Gasteiger partial charge in [0.1, 0.15) is 5.60 Å². The van der Waals surface area contributed by atoms with E-state index in [4.69, 9.17) is 15.9 Å². The van der Waals surface area contributed by atoms with Crippen LogP contribution < -0.4 is 5.32 Å². The van der Waals surface area contributed by atoms with Crippen molar-refractivity contribution in [3.05, 3.63) is 0 Å². The Kier molecular flexibility index (Phi) is 3.12. The second-order valence-electron chi connectivity index (χ2n) is 7.26. The lowest BCUT2D eigenvalue weighted by Gasteiger charge is -2.49. The first-order chi connectivity index (χ1) is 11.0. The highest BCUT2D eigenvalue weighted by Crippen LogP contribution is 2.68. The van der Waals surface area contributed by atoms with Crippen molar-refractivity contribution in [1.82, 2.24) is 5.32 Å². The number of terminal acetylenes is 1. The Hall–Kier alpha value is -1.49. The van der Waals surface area contributed by atoms with Gasteiger partial charge >= 0.3 is 0 Å². The quantitative estimate of drug-likeness (QED) is 0.664. The summed E-state index contributed by atoms with van der Waals surface area (Å²) in [5, 5.41) is 20.7. The summed E-state index contributed by atoms with van der Waals surface area (Å²) in [7, 11) is 0. The first-order valence-corrected chi connectivity index (χ1v) is 8.08. The van der Waals surface area contributed by atoms with Gasteiger partial charge in [0, 0.05) is 25.8 Å². The lowest BCUT2D eigenvalue weighted by atomic mass is 9.55. The fourth-order valence-corrected chi connectivity index (χ4v) is 4.30. The highest BCUT2D eigenvalue weighted by atomic mass is 16.6. The van der Waals surface area contributed by atoms with Crippen LogP contribution >= 0.6 is 0 Å². The smallest absolute Gasteiger partial charge is 0.229 e. The number of hydrogen-bond donors (Lipinski definition) is 2. The third-order valence-corrected chi connectivity index (χ3v) is 5.79. The lowest BCUT2D eigenvalue weighted by Crippen LogP contribution is -2.65. The van der Waals surface area contributed by atoms with Gasteiger partial charge in [-0.1, -0.05) is 0 Å². The van der Waals surface area contributed by atoms with Crippen molar-refractivity contribution in [3.8, 4) is 12.3 Å². The number of carbonyl (C=O) groups is 1. The van der Waals surface area contributed by atoms with Gasteiger partial charge < -0.3 is 19.9 Å². The molecule has 0 atom stereocenters. The van der Waals surface area contributed by atoms with E-state index in [-0.39, 0.29) is 18.2 Å². The molecule has 0 radical (unpaired) electrons. The molecule has 1 amide bonds. The summed E-state index contributed by atoms with van der Waals surface area (Å²) in [6.07, 6.45) is 8.46. The van der Waals surface area contributed by atoms with E-state index in [0.29, 0.717) is 45.4 Å². The van der Waals surface area contributed by atoms with Gasteiger partial charge in [-0.2, -0.15) is 10.2 Å². The van der Waals surface area contributed by atoms with Crippen molar-refractivity contribution in [2.75, 3.05) is 26.4 Å². The second kappa shape index (κ2) is 4.76. The number of rotatable bonds is 7. The molecule has 7 heteroatoms. The van der Waals surface area contributed by atoms with Gasteiger partial charge in [0.05, 0.1) is 30.8 Å². The molecular weight excluding hydrogens is 298 g/mol. The molecule has 124 valence electrons. The molecule has 2 N–H and O–H groups in total. The van der Waals surface area contributed by atoms with E-state index in [9.17, 15) is 9.90 Å². The number of hydrogen-bond acceptors (Lipinski definition) is 6. The van der Waals surface area contributed by atoms with E-state index in [1.54, 1.807) is 0 Å². The number of aliphatic hydroxyl groups is 1. The first kappa shape index (κ1) is 15.1. The largest absolute Gasteiger partial charge is 0.393 e. The fourth-order valence-electron chi connectivity index (χ4n) is 4.30. The summed E-state index contributed by atoms with van der Waals surface area (Å²) < 4.78 is 11.3. The third kappa shape index (κ3) is 1.98. The van der Waals surface area contributed by atoms with Crippen LogP contribution in [0.15, 0.2) is 10.2 Å². The minimum atomic E-state index is -0.558. The Labute approximate surface area is 134 Å². The summed E-state index contributed by atoms with van der Waals surface area (Å²) in [5.41, 5.74) is -2.03. The van der Waals surface area contributed by atoms with E-state index < -0.39 is 16.6 Å². The lowest BCUT2D eigenvalue weighted by molar-refractivity contribution is -0.218. The van der Waals surface area contributed by atoms with Crippen molar-refractivity contribution >= 4 is 5.91 Å². The number of ether oxygens (including phenoxy) is 2.